The van der Waals surface area contributed by atoms with Crippen LogP contribution in [0, 0.1) is 11.8 Å². The van der Waals surface area contributed by atoms with E-state index in [1.807, 2.05) is 66.7 Å². The number of para-hydroxylation sites is 1. The molecule has 3 heterocycles. The first-order valence-corrected chi connectivity index (χ1v) is 12.8. The van der Waals surface area contributed by atoms with Gasteiger partial charge in [0.25, 0.3) is 11.5 Å². The maximum absolute atomic E-state index is 14.2. The second-order valence-electron chi connectivity index (χ2n) is 9.18. The molecule has 0 saturated heterocycles. The van der Waals surface area contributed by atoms with Gasteiger partial charge in [0.1, 0.15) is 11.4 Å². The fraction of sp³-hybridized carbons (Fsp3) is 0.0606. The Labute approximate surface area is 236 Å². The highest BCUT2D eigenvalue weighted by Gasteiger charge is 2.23. The van der Waals surface area contributed by atoms with E-state index >= 15 is 0 Å². The summed E-state index contributed by atoms with van der Waals surface area (Å²) in [5.41, 5.74) is 9.33. The predicted octanol–water partition coefficient (Wildman–Crippen LogP) is 5.23. The highest BCUT2D eigenvalue weighted by molar-refractivity contribution is 6.05. The number of carbonyl (C=O) groups excluding carboxylic acids is 1. The molecule has 41 heavy (non-hydrogen) atoms. The number of anilines is 1. The number of aromatic nitrogens is 3. The number of benzene rings is 2. The Balaban J connectivity index is 1.65. The van der Waals surface area contributed by atoms with Crippen LogP contribution < -0.4 is 16.6 Å². The average Bonchev–Trinajstić information content (AvgIpc) is 3.00. The summed E-state index contributed by atoms with van der Waals surface area (Å²) in [5, 5.41) is 4.14. The number of rotatable bonds is 6. The highest BCUT2D eigenvalue weighted by Crippen LogP contribution is 2.29. The van der Waals surface area contributed by atoms with Crippen molar-refractivity contribution in [3.63, 3.8) is 0 Å². The first-order valence-electron chi connectivity index (χ1n) is 12.8. The second-order valence-corrected chi connectivity index (χ2v) is 9.18. The van der Waals surface area contributed by atoms with Gasteiger partial charge in [0.15, 0.2) is 0 Å². The number of amides is 1. The van der Waals surface area contributed by atoms with Crippen LogP contribution in [-0.2, 0) is 0 Å². The number of nitrogen functional groups attached to an aromatic ring is 1. The van der Waals surface area contributed by atoms with E-state index in [-0.39, 0.29) is 22.6 Å². The molecule has 0 aliphatic rings. The van der Waals surface area contributed by atoms with Crippen molar-refractivity contribution in [1.82, 2.24) is 19.9 Å². The van der Waals surface area contributed by atoms with Crippen LogP contribution in [0.4, 0.5) is 11.5 Å². The number of hydrogen-bond acceptors (Lipinski definition) is 6. The van der Waals surface area contributed by atoms with Gasteiger partial charge in [-0.3, -0.25) is 24.1 Å². The van der Waals surface area contributed by atoms with E-state index in [1.165, 1.54) is 12.3 Å². The van der Waals surface area contributed by atoms with Gasteiger partial charge in [-0.05, 0) is 55.4 Å². The first kappa shape index (κ1) is 26.8. The molecule has 1 atom stereocenters. The third-order valence-corrected chi connectivity index (χ3v) is 6.62. The summed E-state index contributed by atoms with van der Waals surface area (Å²) < 4.78 is 1.60. The number of fused-ring (bicyclic) bond motifs is 1. The number of pyridine rings is 3. The van der Waals surface area contributed by atoms with Gasteiger partial charge < -0.3 is 11.1 Å². The second kappa shape index (κ2) is 11.5. The Morgan fingerprint density at radius 3 is 2.56 bits per heavy atom. The lowest BCUT2D eigenvalue weighted by atomic mass is 10.0. The summed E-state index contributed by atoms with van der Waals surface area (Å²) in [4.78, 5) is 39.8. The molecule has 8 heteroatoms. The van der Waals surface area contributed by atoms with Crippen LogP contribution >= 0.6 is 0 Å². The fourth-order valence-corrected chi connectivity index (χ4v) is 4.64. The third kappa shape index (κ3) is 5.24. The van der Waals surface area contributed by atoms with Crippen LogP contribution in [-0.4, -0.2) is 27.2 Å². The van der Waals surface area contributed by atoms with E-state index in [4.69, 9.17) is 5.73 Å². The molecule has 3 aromatic heterocycles. The largest absolute Gasteiger partial charge is 0.383 e. The van der Waals surface area contributed by atoms with E-state index in [9.17, 15) is 9.59 Å². The molecule has 0 aliphatic carbocycles. The number of hydrogen-bond donors (Lipinski definition) is 2. The van der Waals surface area contributed by atoms with Gasteiger partial charge in [0.2, 0.25) is 0 Å². The molecule has 1 amide bonds. The molecular formula is C33H26N6O2. The lowest BCUT2D eigenvalue weighted by molar-refractivity contribution is 0.0940. The Hall–Kier alpha value is -5.81. The number of nitrogens with one attached hydrogen (secondary N) is 1. The molecule has 2 aromatic carbocycles. The van der Waals surface area contributed by atoms with Gasteiger partial charge in [0, 0.05) is 46.7 Å². The Kier molecular flexibility index (Phi) is 7.52. The molecule has 0 radical (unpaired) electrons. The van der Waals surface area contributed by atoms with Crippen LogP contribution in [0.2, 0.25) is 0 Å². The van der Waals surface area contributed by atoms with Crippen molar-refractivity contribution in [1.29, 1.82) is 0 Å². The van der Waals surface area contributed by atoms with Crippen LogP contribution in [0.5, 0.6) is 0 Å². The van der Waals surface area contributed by atoms with Crippen molar-refractivity contribution in [2.45, 2.75) is 13.0 Å². The number of carbonyl (C=O) groups is 1. The first-order chi connectivity index (χ1) is 19.9. The van der Waals surface area contributed by atoms with E-state index in [0.29, 0.717) is 33.3 Å². The van der Waals surface area contributed by atoms with Crippen molar-refractivity contribution < 1.29 is 4.79 Å². The summed E-state index contributed by atoms with van der Waals surface area (Å²) in [6.07, 6.45) is 6.35. The zero-order chi connectivity index (χ0) is 28.9. The molecule has 1 unspecified atom stereocenters. The standard InChI is InChI=1S/C33H26N6O2/c1-4-23-20-37-31(34)29(30(23)35-3)32(40)38-21(2)27-19-25-10-8-9-24(14-13-22-15-17-36-18-16-22)28(25)33(41)39(27)26-11-6-5-7-12-26/h4-12,15-21H,1,3H2,2H3,(H2,34,37)(H,38,40). The third-order valence-electron chi connectivity index (χ3n) is 6.62. The quantitative estimate of drug-likeness (QED) is 0.227. The monoisotopic (exact) mass is 538 g/mol. The molecule has 8 nitrogen and oxygen atoms in total. The van der Waals surface area contributed by atoms with Crippen molar-refractivity contribution in [3.8, 4) is 17.5 Å². The number of nitrogens with two attached hydrogens (primary N) is 1. The topological polar surface area (TPSA) is 115 Å². The summed E-state index contributed by atoms with van der Waals surface area (Å²) in [6, 6.07) is 19.7. The normalized spacial score (nSPS) is 11.2. The minimum atomic E-state index is -0.615. The fourth-order valence-electron chi connectivity index (χ4n) is 4.64. The van der Waals surface area contributed by atoms with Gasteiger partial charge in [-0.15, -0.1) is 0 Å². The van der Waals surface area contributed by atoms with E-state index < -0.39 is 11.9 Å². The number of nitrogens with zero attached hydrogens (tertiary/aromatic N) is 4. The molecule has 0 saturated carbocycles. The van der Waals surface area contributed by atoms with Crippen LogP contribution in [0.15, 0.2) is 102 Å². The van der Waals surface area contributed by atoms with Gasteiger partial charge in [-0.2, -0.15) is 0 Å². The Bertz CT molecular complexity index is 1920. The van der Waals surface area contributed by atoms with Crippen molar-refractivity contribution in [2.75, 3.05) is 5.73 Å². The van der Waals surface area contributed by atoms with Gasteiger partial charge in [0.05, 0.1) is 17.1 Å². The van der Waals surface area contributed by atoms with Crippen molar-refractivity contribution >= 4 is 41.0 Å². The highest BCUT2D eigenvalue weighted by atomic mass is 16.2. The smallest absolute Gasteiger partial charge is 0.264 e. The SMILES string of the molecule is C=Cc1cnc(N)c(C(=O)NC(C)c2cc3cccc(C#Cc4ccncc4)c3c(=O)n2-c2ccccc2)c1N=C. The molecule has 5 rings (SSSR count). The minimum Gasteiger partial charge on any atom is -0.383 e. The van der Waals surface area contributed by atoms with E-state index in [2.05, 4.69) is 45.4 Å². The molecule has 3 N–H and O–H groups in total. The average molecular weight is 539 g/mol. The van der Waals surface area contributed by atoms with Gasteiger partial charge in [-0.1, -0.05) is 54.8 Å². The minimum absolute atomic E-state index is 0.0130. The lowest BCUT2D eigenvalue weighted by Gasteiger charge is -2.22. The molecule has 200 valence electrons. The molecule has 0 spiro atoms. The van der Waals surface area contributed by atoms with Crippen LogP contribution in [0.1, 0.15) is 45.7 Å². The number of aliphatic imine (C=N–C) groups is 1. The molecule has 5 aromatic rings. The Morgan fingerprint density at radius 2 is 1.85 bits per heavy atom. The van der Waals surface area contributed by atoms with Crippen molar-refractivity contribution in [3.05, 3.63) is 130 Å². The summed E-state index contributed by atoms with van der Waals surface area (Å²) >= 11 is 0. The molecule has 0 aliphatic heterocycles. The molecular weight excluding hydrogens is 512 g/mol. The van der Waals surface area contributed by atoms with Gasteiger partial charge >= 0.3 is 0 Å². The van der Waals surface area contributed by atoms with Crippen LogP contribution in [0.3, 0.4) is 0 Å². The summed E-state index contributed by atoms with van der Waals surface area (Å²) in [5.74, 6) is 5.77. The zero-order valence-corrected chi connectivity index (χ0v) is 22.3. The maximum Gasteiger partial charge on any atom is 0.264 e. The summed E-state index contributed by atoms with van der Waals surface area (Å²) in [7, 11) is 0. The Morgan fingerprint density at radius 1 is 1.10 bits per heavy atom. The van der Waals surface area contributed by atoms with Crippen molar-refractivity contribution in [2.24, 2.45) is 4.99 Å². The molecule has 0 bridgehead atoms. The summed E-state index contributed by atoms with van der Waals surface area (Å²) in [6.45, 7) is 9.13. The van der Waals surface area contributed by atoms with E-state index in [0.717, 1.165) is 5.56 Å². The van der Waals surface area contributed by atoms with E-state index in [1.54, 1.807) is 23.9 Å². The van der Waals surface area contributed by atoms with Gasteiger partial charge in [-0.25, -0.2) is 4.98 Å². The van der Waals surface area contributed by atoms with Crippen LogP contribution in [0.25, 0.3) is 22.5 Å². The molecule has 0 fully saturated rings. The lowest BCUT2D eigenvalue weighted by Crippen LogP contribution is -2.32. The zero-order valence-electron chi connectivity index (χ0n) is 22.3. The maximum atomic E-state index is 14.2. The predicted molar refractivity (Wildman–Crippen MR) is 164 cm³/mol.